The molecule has 0 aliphatic carbocycles. The summed E-state index contributed by atoms with van der Waals surface area (Å²) in [5.74, 6) is 2.93. The fourth-order valence-corrected chi connectivity index (χ4v) is 1.95. The van der Waals surface area contributed by atoms with E-state index in [4.69, 9.17) is 11.2 Å². The highest BCUT2D eigenvalue weighted by atomic mass is 19.3. The van der Waals surface area contributed by atoms with Crippen molar-refractivity contribution in [2.75, 3.05) is 6.61 Å². The number of nitrogens with zero attached hydrogens (tertiary/aromatic N) is 1. The summed E-state index contributed by atoms with van der Waals surface area (Å²) in [7, 11) is 0. The molecule has 21 heavy (non-hydrogen) atoms. The fraction of sp³-hybridized carbons (Fsp3) is 0.188. The molecule has 0 amide bonds. The van der Waals surface area contributed by atoms with Gasteiger partial charge in [0.15, 0.2) is 0 Å². The van der Waals surface area contributed by atoms with Crippen molar-refractivity contribution in [3.8, 4) is 29.4 Å². The van der Waals surface area contributed by atoms with Gasteiger partial charge >= 0.3 is 0 Å². The van der Waals surface area contributed by atoms with Gasteiger partial charge in [-0.2, -0.15) is 0 Å². The van der Waals surface area contributed by atoms with Crippen molar-refractivity contribution in [2.45, 2.75) is 13.0 Å². The zero-order chi connectivity index (χ0) is 15.2. The van der Waals surface area contributed by atoms with Crippen LogP contribution >= 0.6 is 0 Å². The minimum absolute atomic E-state index is 0.154. The number of aromatic nitrogens is 1. The van der Waals surface area contributed by atoms with Crippen LogP contribution in [0.4, 0.5) is 8.78 Å². The van der Waals surface area contributed by atoms with Gasteiger partial charge in [-0.25, -0.2) is 8.78 Å². The first-order valence-electron chi connectivity index (χ1n) is 6.26. The molecular weight excluding hydrogens is 276 g/mol. The second-order valence-electron chi connectivity index (χ2n) is 4.27. The lowest BCUT2D eigenvalue weighted by atomic mass is 10.1. The van der Waals surface area contributed by atoms with Crippen LogP contribution in [-0.2, 0) is 6.54 Å². The van der Waals surface area contributed by atoms with Gasteiger partial charge in [-0.3, -0.25) is 4.79 Å². The molecule has 0 atom stereocenters. The monoisotopic (exact) mass is 289 g/mol. The topological polar surface area (TPSA) is 31.2 Å². The second-order valence-corrected chi connectivity index (χ2v) is 4.27. The van der Waals surface area contributed by atoms with Gasteiger partial charge in [0, 0.05) is 6.07 Å². The first-order chi connectivity index (χ1) is 10.1. The zero-order valence-electron chi connectivity index (χ0n) is 11.1. The Morgan fingerprint density at radius 3 is 2.52 bits per heavy atom. The number of terminal acetylenes is 1. The number of pyridine rings is 1. The number of rotatable bonds is 5. The average Bonchev–Trinajstić information content (AvgIpc) is 2.47. The normalized spacial score (nSPS) is 10.4. The van der Waals surface area contributed by atoms with E-state index in [0.29, 0.717) is 17.0 Å². The third-order valence-electron chi connectivity index (χ3n) is 2.84. The van der Waals surface area contributed by atoms with Crippen LogP contribution in [0.5, 0.6) is 5.75 Å². The molecule has 0 fully saturated rings. The van der Waals surface area contributed by atoms with Gasteiger partial charge in [-0.1, -0.05) is 12.0 Å². The average molecular weight is 289 g/mol. The zero-order valence-corrected chi connectivity index (χ0v) is 11.1. The Bertz CT molecular complexity index is 699. The Hall–Kier alpha value is -2.61. The highest BCUT2D eigenvalue weighted by Crippen LogP contribution is 2.22. The summed E-state index contributed by atoms with van der Waals surface area (Å²) in [6.45, 7) is -0.481. The molecule has 0 aliphatic heterocycles. The van der Waals surface area contributed by atoms with Crippen LogP contribution in [0.3, 0.4) is 0 Å². The van der Waals surface area contributed by atoms with Gasteiger partial charge in [0.1, 0.15) is 12.4 Å². The largest absolute Gasteiger partial charge is 0.481 e. The lowest BCUT2D eigenvalue weighted by Crippen LogP contribution is -2.23. The molecule has 0 bridgehead atoms. The van der Waals surface area contributed by atoms with E-state index in [1.54, 1.807) is 36.4 Å². The van der Waals surface area contributed by atoms with Crippen molar-refractivity contribution in [3.63, 3.8) is 0 Å². The van der Waals surface area contributed by atoms with Crippen molar-refractivity contribution in [2.24, 2.45) is 0 Å². The van der Waals surface area contributed by atoms with E-state index in [2.05, 4.69) is 5.92 Å². The molecule has 108 valence electrons. The Morgan fingerprint density at radius 1 is 1.19 bits per heavy atom. The molecule has 2 rings (SSSR count). The third-order valence-corrected chi connectivity index (χ3v) is 2.84. The lowest BCUT2D eigenvalue weighted by molar-refractivity contribution is 0.126. The van der Waals surface area contributed by atoms with Crippen molar-refractivity contribution in [3.05, 3.63) is 52.8 Å². The standard InChI is InChI=1S/C16H13F2NO2/c1-2-10-21-13-8-6-12(7-9-13)14-4-3-5-16(20)19(14)11-15(17)18/h1,3-9,15H,10-11H2. The summed E-state index contributed by atoms with van der Waals surface area (Å²) in [5, 5.41) is 0. The minimum atomic E-state index is -2.60. The SMILES string of the molecule is C#CCOc1ccc(-c2cccc(=O)n2CC(F)F)cc1. The molecule has 0 unspecified atom stereocenters. The summed E-state index contributed by atoms with van der Waals surface area (Å²) < 4.78 is 31.5. The van der Waals surface area contributed by atoms with Crippen molar-refractivity contribution in [1.82, 2.24) is 4.57 Å². The Labute approximate surface area is 120 Å². The summed E-state index contributed by atoms with van der Waals surface area (Å²) in [4.78, 5) is 11.7. The van der Waals surface area contributed by atoms with Crippen LogP contribution in [0.1, 0.15) is 0 Å². The maximum atomic E-state index is 12.6. The predicted octanol–water partition coefficient (Wildman–Crippen LogP) is 2.79. The molecule has 0 N–H and O–H groups in total. The molecule has 3 nitrogen and oxygen atoms in total. The van der Waals surface area contributed by atoms with E-state index in [-0.39, 0.29) is 6.61 Å². The maximum Gasteiger partial charge on any atom is 0.256 e. The Morgan fingerprint density at radius 2 is 1.90 bits per heavy atom. The van der Waals surface area contributed by atoms with Crippen LogP contribution in [0.25, 0.3) is 11.3 Å². The maximum absolute atomic E-state index is 12.6. The summed E-state index contributed by atoms with van der Waals surface area (Å²) in [5.41, 5.74) is 0.633. The Balaban J connectivity index is 2.36. The molecule has 0 spiro atoms. The van der Waals surface area contributed by atoms with Crippen LogP contribution in [0, 0.1) is 12.3 Å². The quantitative estimate of drug-likeness (QED) is 0.793. The highest BCUT2D eigenvalue weighted by Gasteiger charge is 2.11. The van der Waals surface area contributed by atoms with E-state index in [0.717, 1.165) is 4.57 Å². The predicted molar refractivity (Wildman–Crippen MR) is 76.5 cm³/mol. The first kappa shape index (κ1) is 14.8. The van der Waals surface area contributed by atoms with Crippen molar-refractivity contribution >= 4 is 0 Å². The van der Waals surface area contributed by atoms with E-state index in [1.807, 2.05) is 0 Å². The molecule has 2 aromatic rings. The van der Waals surface area contributed by atoms with Gasteiger partial charge in [0.25, 0.3) is 12.0 Å². The van der Waals surface area contributed by atoms with E-state index >= 15 is 0 Å². The van der Waals surface area contributed by atoms with E-state index in [9.17, 15) is 13.6 Å². The molecular formula is C16H13F2NO2. The number of benzene rings is 1. The van der Waals surface area contributed by atoms with Crippen molar-refractivity contribution in [1.29, 1.82) is 0 Å². The molecule has 1 aromatic heterocycles. The van der Waals surface area contributed by atoms with Crippen LogP contribution in [-0.4, -0.2) is 17.6 Å². The molecule has 0 aliphatic rings. The smallest absolute Gasteiger partial charge is 0.256 e. The summed E-state index contributed by atoms with van der Waals surface area (Å²) in [6, 6.07) is 11.2. The molecule has 0 radical (unpaired) electrons. The number of ether oxygens (including phenoxy) is 1. The molecule has 0 saturated carbocycles. The molecule has 1 aromatic carbocycles. The van der Waals surface area contributed by atoms with Gasteiger partial charge in [0.2, 0.25) is 0 Å². The fourth-order valence-electron chi connectivity index (χ4n) is 1.95. The third kappa shape index (κ3) is 3.69. The van der Waals surface area contributed by atoms with Gasteiger partial charge < -0.3 is 9.30 Å². The number of hydrogen-bond donors (Lipinski definition) is 0. The summed E-state index contributed by atoms with van der Waals surface area (Å²) in [6.07, 6.45) is 2.50. The number of halogens is 2. The molecule has 1 heterocycles. The van der Waals surface area contributed by atoms with Crippen LogP contribution in [0.15, 0.2) is 47.3 Å². The van der Waals surface area contributed by atoms with E-state index < -0.39 is 18.5 Å². The van der Waals surface area contributed by atoms with Crippen LogP contribution in [0.2, 0.25) is 0 Å². The number of alkyl halides is 2. The Kier molecular flexibility index (Phi) is 4.72. The first-order valence-corrected chi connectivity index (χ1v) is 6.26. The molecule has 0 saturated heterocycles. The van der Waals surface area contributed by atoms with Crippen molar-refractivity contribution < 1.29 is 13.5 Å². The van der Waals surface area contributed by atoms with Gasteiger partial charge in [0.05, 0.1) is 12.2 Å². The second kappa shape index (κ2) is 6.71. The van der Waals surface area contributed by atoms with E-state index in [1.165, 1.54) is 6.07 Å². The van der Waals surface area contributed by atoms with Crippen LogP contribution < -0.4 is 10.3 Å². The summed E-state index contributed by atoms with van der Waals surface area (Å²) >= 11 is 0. The lowest BCUT2D eigenvalue weighted by Gasteiger charge is -2.12. The molecule has 5 heteroatoms. The van der Waals surface area contributed by atoms with Gasteiger partial charge in [-0.15, -0.1) is 6.42 Å². The number of hydrogen-bond acceptors (Lipinski definition) is 2. The minimum Gasteiger partial charge on any atom is -0.481 e. The highest BCUT2D eigenvalue weighted by molar-refractivity contribution is 5.60. The van der Waals surface area contributed by atoms with Gasteiger partial charge in [-0.05, 0) is 35.9 Å².